The highest BCUT2D eigenvalue weighted by Crippen LogP contribution is 2.14. The van der Waals surface area contributed by atoms with E-state index in [1.54, 1.807) is 6.08 Å². The fraction of sp³-hybridized carbons (Fsp3) is 0.200. The molecule has 0 nitrogen and oxygen atoms in total. The predicted molar refractivity (Wildman–Crippen MR) is 58.7 cm³/mol. The fourth-order valence-electron chi connectivity index (χ4n) is 1.09. The summed E-state index contributed by atoms with van der Waals surface area (Å²) in [7, 11) is -0.454. The zero-order valence-corrected chi connectivity index (χ0v) is 9.15. The van der Waals surface area contributed by atoms with Crippen molar-refractivity contribution in [2.75, 3.05) is 0 Å². The van der Waals surface area contributed by atoms with E-state index in [0.29, 0.717) is 0 Å². The highest BCUT2D eigenvalue weighted by Gasteiger charge is 2.07. The molecule has 1 rings (SSSR count). The Balaban J connectivity index is 3.22. The second-order valence-corrected chi connectivity index (χ2v) is 5.83. The van der Waals surface area contributed by atoms with Crippen LogP contribution in [-0.2, 0) is 0 Å². The molecular weight excluding hydrogens is 184 g/mol. The number of benzene rings is 1. The Morgan fingerprint density at radius 3 is 2.58 bits per heavy atom. The lowest BCUT2D eigenvalue weighted by molar-refractivity contribution is 1.69. The smallest absolute Gasteiger partial charge is 0.0811 e. The van der Waals surface area contributed by atoms with E-state index in [2.05, 4.69) is 25.7 Å². The molecule has 0 spiro atoms. The van der Waals surface area contributed by atoms with Gasteiger partial charge in [0, 0.05) is 5.02 Å². The number of halogens is 1. The summed E-state index contributed by atoms with van der Waals surface area (Å²) < 4.78 is 0. The van der Waals surface area contributed by atoms with Crippen LogP contribution in [0.25, 0.3) is 6.08 Å². The van der Waals surface area contributed by atoms with Gasteiger partial charge in [-0.1, -0.05) is 55.5 Å². The maximum atomic E-state index is 6.16. The van der Waals surface area contributed by atoms with Gasteiger partial charge in [-0.05, 0) is 10.8 Å². The van der Waals surface area contributed by atoms with Crippen molar-refractivity contribution < 1.29 is 0 Å². The quantitative estimate of drug-likeness (QED) is 0.637. The van der Waals surface area contributed by atoms with Gasteiger partial charge < -0.3 is 0 Å². The molecule has 0 bridgehead atoms. The van der Waals surface area contributed by atoms with E-state index in [-0.39, 0.29) is 0 Å². The van der Waals surface area contributed by atoms with E-state index < -0.39 is 8.80 Å². The Bertz CT molecular complexity index is 292. The van der Waals surface area contributed by atoms with Crippen LogP contribution in [-0.4, -0.2) is 8.80 Å². The van der Waals surface area contributed by atoms with Gasteiger partial charge in [0.2, 0.25) is 0 Å². The van der Waals surface area contributed by atoms with Crippen LogP contribution >= 0.6 is 11.6 Å². The van der Waals surface area contributed by atoms with Crippen LogP contribution in [0.2, 0.25) is 18.1 Å². The van der Waals surface area contributed by atoms with E-state index in [0.717, 1.165) is 10.6 Å². The van der Waals surface area contributed by atoms with Crippen molar-refractivity contribution in [3.63, 3.8) is 0 Å². The molecule has 1 radical (unpaired) electrons. The van der Waals surface area contributed by atoms with Gasteiger partial charge in [0.25, 0.3) is 0 Å². The molecule has 0 aliphatic heterocycles. The number of rotatable bonds is 2. The van der Waals surface area contributed by atoms with Crippen LogP contribution in [0, 0.1) is 0 Å². The van der Waals surface area contributed by atoms with Crippen molar-refractivity contribution in [2.24, 2.45) is 0 Å². The minimum Gasteiger partial charge on any atom is -0.0984 e. The lowest BCUT2D eigenvalue weighted by Crippen LogP contribution is -2.23. The molecule has 0 saturated heterocycles. The molecule has 2 heteroatoms. The molecule has 0 aromatic heterocycles. The molecule has 0 aliphatic carbocycles. The predicted octanol–water partition coefficient (Wildman–Crippen LogP) is 2.94. The SMILES string of the molecule is C=Cc1cccc([Si](C)C)c1Cl. The summed E-state index contributed by atoms with van der Waals surface area (Å²) in [5, 5.41) is 2.17. The highest BCUT2D eigenvalue weighted by molar-refractivity contribution is 6.73. The van der Waals surface area contributed by atoms with Crippen LogP contribution in [0.4, 0.5) is 0 Å². The van der Waals surface area contributed by atoms with E-state index in [1.165, 1.54) is 5.19 Å². The van der Waals surface area contributed by atoms with Crippen molar-refractivity contribution in [2.45, 2.75) is 13.1 Å². The van der Waals surface area contributed by atoms with Crippen LogP contribution in [0.1, 0.15) is 5.56 Å². The van der Waals surface area contributed by atoms with Crippen molar-refractivity contribution in [1.29, 1.82) is 0 Å². The molecule has 0 N–H and O–H groups in total. The first-order valence-corrected chi connectivity index (χ1v) is 6.76. The lowest BCUT2D eigenvalue weighted by atomic mass is 10.2. The summed E-state index contributed by atoms with van der Waals surface area (Å²) in [6.07, 6.45) is 1.80. The third-order valence-electron chi connectivity index (χ3n) is 1.79. The number of hydrogen-bond donors (Lipinski definition) is 0. The zero-order valence-electron chi connectivity index (χ0n) is 7.39. The second-order valence-electron chi connectivity index (χ2n) is 2.91. The van der Waals surface area contributed by atoms with Gasteiger partial charge in [-0.3, -0.25) is 0 Å². The monoisotopic (exact) mass is 195 g/mol. The van der Waals surface area contributed by atoms with Gasteiger partial charge in [-0.2, -0.15) is 0 Å². The summed E-state index contributed by atoms with van der Waals surface area (Å²) in [4.78, 5) is 0. The normalized spacial score (nSPS) is 10.3. The van der Waals surface area contributed by atoms with Crippen molar-refractivity contribution >= 4 is 31.7 Å². The molecule has 0 saturated carbocycles. The molecular formula is C10H12ClSi. The first kappa shape index (κ1) is 9.55. The van der Waals surface area contributed by atoms with Gasteiger partial charge in [0.05, 0.1) is 8.80 Å². The van der Waals surface area contributed by atoms with Crippen molar-refractivity contribution in [3.8, 4) is 0 Å². The molecule has 0 fully saturated rings. The average Bonchev–Trinajstić information content (AvgIpc) is 2.04. The van der Waals surface area contributed by atoms with Gasteiger partial charge in [-0.25, -0.2) is 0 Å². The molecule has 1 aromatic rings. The Hall–Kier alpha value is -0.533. The summed E-state index contributed by atoms with van der Waals surface area (Å²) >= 11 is 6.16. The average molecular weight is 196 g/mol. The van der Waals surface area contributed by atoms with Crippen LogP contribution in [0.3, 0.4) is 0 Å². The summed E-state index contributed by atoms with van der Waals surface area (Å²) in [6, 6.07) is 6.13. The molecule has 0 aliphatic rings. The zero-order chi connectivity index (χ0) is 9.14. The standard InChI is InChI=1S/C10H12ClSi/c1-4-8-6-5-7-9(10(8)11)12(2)3/h4-7H,1H2,2-3H3. The van der Waals surface area contributed by atoms with Crippen molar-refractivity contribution in [3.05, 3.63) is 35.4 Å². The van der Waals surface area contributed by atoms with Crippen LogP contribution < -0.4 is 5.19 Å². The van der Waals surface area contributed by atoms with E-state index in [9.17, 15) is 0 Å². The number of hydrogen-bond acceptors (Lipinski definition) is 0. The van der Waals surface area contributed by atoms with Gasteiger partial charge in [-0.15, -0.1) is 0 Å². The van der Waals surface area contributed by atoms with E-state index in [1.807, 2.05) is 12.1 Å². The maximum Gasteiger partial charge on any atom is 0.0811 e. The Morgan fingerprint density at radius 1 is 1.42 bits per heavy atom. The van der Waals surface area contributed by atoms with Gasteiger partial charge in [0.1, 0.15) is 0 Å². The Labute approximate surface area is 80.5 Å². The third kappa shape index (κ3) is 1.79. The maximum absolute atomic E-state index is 6.16. The molecule has 12 heavy (non-hydrogen) atoms. The first-order valence-electron chi connectivity index (χ1n) is 3.88. The molecule has 0 unspecified atom stereocenters. The minimum absolute atomic E-state index is 0.454. The molecule has 63 valence electrons. The Kier molecular flexibility index (Phi) is 3.12. The topological polar surface area (TPSA) is 0 Å². The fourth-order valence-corrected chi connectivity index (χ4v) is 2.88. The molecule has 0 heterocycles. The first-order chi connectivity index (χ1) is 5.66. The molecule has 0 atom stereocenters. The van der Waals surface area contributed by atoms with Gasteiger partial charge >= 0.3 is 0 Å². The van der Waals surface area contributed by atoms with Gasteiger partial charge in [0.15, 0.2) is 0 Å². The Morgan fingerprint density at radius 2 is 2.08 bits per heavy atom. The van der Waals surface area contributed by atoms with Crippen LogP contribution in [0.5, 0.6) is 0 Å². The van der Waals surface area contributed by atoms with Crippen LogP contribution in [0.15, 0.2) is 24.8 Å². The minimum atomic E-state index is -0.454. The summed E-state index contributed by atoms with van der Waals surface area (Å²) in [6.45, 7) is 8.19. The second kappa shape index (κ2) is 3.92. The third-order valence-corrected chi connectivity index (χ3v) is 3.86. The van der Waals surface area contributed by atoms with E-state index in [4.69, 9.17) is 11.6 Å². The van der Waals surface area contributed by atoms with Crippen molar-refractivity contribution in [1.82, 2.24) is 0 Å². The largest absolute Gasteiger partial charge is 0.0984 e. The summed E-state index contributed by atoms with van der Waals surface area (Å²) in [5.74, 6) is 0. The molecule has 0 amide bonds. The highest BCUT2D eigenvalue weighted by atomic mass is 35.5. The summed E-state index contributed by atoms with van der Waals surface area (Å²) in [5.41, 5.74) is 1.04. The molecule has 1 aromatic carbocycles. The lowest BCUT2D eigenvalue weighted by Gasteiger charge is -2.08. The van der Waals surface area contributed by atoms with E-state index >= 15 is 0 Å².